The monoisotopic (exact) mass is 397 g/mol. The van der Waals surface area contributed by atoms with Crippen molar-refractivity contribution in [3.63, 3.8) is 0 Å². The molecule has 9 heteroatoms. The maximum Gasteiger partial charge on any atom is 0.338 e. The Hall–Kier alpha value is -2.13. The number of benzene rings is 1. The molecule has 2 saturated heterocycles. The van der Waals surface area contributed by atoms with Gasteiger partial charge in [0.1, 0.15) is 12.4 Å². The molecule has 1 amide bonds. The molecular formula is C18H23NO7S. The summed E-state index contributed by atoms with van der Waals surface area (Å²) in [6, 6.07) is 6.04. The second kappa shape index (κ2) is 8.71. The van der Waals surface area contributed by atoms with Crippen molar-refractivity contribution >= 4 is 21.7 Å². The number of carbonyl (C=O) groups is 2. The molecule has 2 aliphatic rings. The SMILES string of the molecule is O=C(COC(=O)c1ccc(OCC2CCCO2)cc1)NC1CCS(=O)(=O)C1. The topological polar surface area (TPSA) is 108 Å². The summed E-state index contributed by atoms with van der Waals surface area (Å²) in [7, 11) is -3.07. The zero-order valence-corrected chi connectivity index (χ0v) is 15.7. The molecule has 0 spiro atoms. The van der Waals surface area contributed by atoms with Crippen LogP contribution in [0.25, 0.3) is 0 Å². The normalized spacial score (nSPS) is 23.7. The standard InChI is InChI=1S/C18H23NO7S/c20-17(19-14-7-9-27(22,23)12-14)11-26-18(21)13-3-5-15(6-4-13)25-10-16-2-1-8-24-16/h3-6,14,16H,1-2,7-12H2,(H,19,20). The first-order valence-corrected chi connectivity index (χ1v) is 10.7. The van der Waals surface area contributed by atoms with Crippen LogP contribution in [0.3, 0.4) is 0 Å². The minimum absolute atomic E-state index is 0.0685. The third-order valence-electron chi connectivity index (χ3n) is 4.48. The van der Waals surface area contributed by atoms with E-state index in [0.29, 0.717) is 24.3 Å². The van der Waals surface area contributed by atoms with Crippen LogP contribution in [0.15, 0.2) is 24.3 Å². The van der Waals surface area contributed by atoms with Crippen molar-refractivity contribution in [3.05, 3.63) is 29.8 Å². The molecular weight excluding hydrogens is 374 g/mol. The van der Waals surface area contributed by atoms with Gasteiger partial charge in [-0.05, 0) is 43.5 Å². The van der Waals surface area contributed by atoms with Crippen molar-refractivity contribution < 1.29 is 32.2 Å². The Kier molecular flexibility index (Phi) is 6.33. The van der Waals surface area contributed by atoms with Gasteiger partial charge in [0, 0.05) is 12.6 Å². The molecule has 2 unspecified atom stereocenters. The lowest BCUT2D eigenvalue weighted by Gasteiger charge is -2.12. The summed E-state index contributed by atoms with van der Waals surface area (Å²) in [6.07, 6.45) is 2.53. The highest BCUT2D eigenvalue weighted by molar-refractivity contribution is 7.91. The summed E-state index contributed by atoms with van der Waals surface area (Å²) in [5.74, 6) is -0.516. The summed E-state index contributed by atoms with van der Waals surface area (Å²) < 4.78 is 38.8. The first-order valence-electron chi connectivity index (χ1n) is 8.93. The molecule has 2 aliphatic heterocycles. The predicted octanol–water partition coefficient (Wildman–Crippen LogP) is 0.705. The van der Waals surface area contributed by atoms with Crippen LogP contribution in [0.1, 0.15) is 29.6 Å². The number of esters is 1. The number of hydrogen-bond donors (Lipinski definition) is 1. The number of nitrogens with one attached hydrogen (secondary N) is 1. The smallest absolute Gasteiger partial charge is 0.338 e. The highest BCUT2D eigenvalue weighted by Crippen LogP contribution is 2.17. The molecule has 0 radical (unpaired) electrons. The fourth-order valence-corrected chi connectivity index (χ4v) is 4.72. The van der Waals surface area contributed by atoms with E-state index >= 15 is 0 Å². The quantitative estimate of drug-likeness (QED) is 0.675. The Morgan fingerprint density at radius 2 is 1.96 bits per heavy atom. The van der Waals surface area contributed by atoms with Gasteiger partial charge in [0.05, 0.1) is 23.2 Å². The Bertz CT molecular complexity index is 769. The molecule has 27 heavy (non-hydrogen) atoms. The zero-order chi connectivity index (χ0) is 19.3. The average molecular weight is 397 g/mol. The zero-order valence-electron chi connectivity index (χ0n) is 14.9. The van der Waals surface area contributed by atoms with Gasteiger partial charge in [0.15, 0.2) is 16.4 Å². The van der Waals surface area contributed by atoms with E-state index in [1.807, 2.05) is 0 Å². The minimum atomic E-state index is -3.07. The second-order valence-electron chi connectivity index (χ2n) is 6.71. The van der Waals surface area contributed by atoms with E-state index in [0.717, 1.165) is 19.4 Å². The van der Waals surface area contributed by atoms with E-state index in [1.54, 1.807) is 24.3 Å². The van der Waals surface area contributed by atoms with Crippen molar-refractivity contribution in [1.82, 2.24) is 5.32 Å². The van der Waals surface area contributed by atoms with E-state index in [1.165, 1.54) is 0 Å². The van der Waals surface area contributed by atoms with Crippen molar-refractivity contribution in [2.24, 2.45) is 0 Å². The van der Waals surface area contributed by atoms with Gasteiger partial charge in [-0.15, -0.1) is 0 Å². The van der Waals surface area contributed by atoms with Crippen molar-refractivity contribution in [2.75, 3.05) is 31.3 Å². The highest BCUT2D eigenvalue weighted by Gasteiger charge is 2.29. The van der Waals surface area contributed by atoms with E-state index in [9.17, 15) is 18.0 Å². The van der Waals surface area contributed by atoms with Crippen LogP contribution >= 0.6 is 0 Å². The summed E-state index contributed by atoms with van der Waals surface area (Å²) in [5.41, 5.74) is 0.302. The molecule has 1 aromatic carbocycles. The molecule has 0 aromatic heterocycles. The molecule has 0 aliphatic carbocycles. The van der Waals surface area contributed by atoms with E-state index in [2.05, 4.69) is 5.32 Å². The minimum Gasteiger partial charge on any atom is -0.491 e. The Labute approximate surface area is 158 Å². The largest absolute Gasteiger partial charge is 0.491 e. The van der Waals surface area contributed by atoms with Gasteiger partial charge >= 0.3 is 5.97 Å². The number of rotatable bonds is 7. The van der Waals surface area contributed by atoms with Gasteiger partial charge < -0.3 is 19.5 Å². The number of amides is 1. The number of hydrogen-bond acceptors (Lipinski definition) is 7. The molecule has 148 valence electrons. The van der Waals surface area contributed by atoms with Gasteiger partial charge in [-0.2, -0.15) is 0 Å². The Balaban J connectivity index is 1.40. The fourth-order valence-electron chi connectivity index (χ4n) is 3.04. The number of sulfone groups is 1. The van der Waals surface area contributed by atoms with Crippen LogP contribution in [-0.2, 0) is 24.1 Å². The lowest BCUT2D eigenvalue weighted by Crippen LogP contribution is -2.38. The number of carbonyl (C=O) groups excluding carboxylic acids is 2. The first kappa shape index (κ1) is 19.6. The van der Waals surface area contributed by atoms with E-state index < -0.39 is 34.4 Å². The maximum atomic E-state index is 12.0. The lowest BCUT2D eigenvalue weighted by atomic mass is 10.2. The molecule has 0 bridgehead atoms. The number of ether oxygens (including phenoxy) is 3. The van der Waals surface area contributed by atoms with Crippen LogP contribution in [0.5, 0.6) is 5.75 Å². The third kappa shape index (κ3) is 5.93. The van der Waals surface area contributed by atoms with Gasteiger partial charge in [-0.25, -0.2) is 13.2 Å². The summed E-state index contributed by atoms with van der Waals surface area (Å²) in [4.78, 5) is 23.8. The van der Waals surface area contributed by atoms with Crippen molar-refractivity contribution in [1.29, 1.82) is 0 Å². The van der Waals surface area contributed by atoms with Gasteiger partial charge in [0.25, 0.3) is 5.91 Å². The van der Waals surface area contributed by atoms with Crippen LogP contribution < -0.4 is 10.1 Å². The molecule has 8 nitrogen and oxygen atoms in total. The van der Waals surface area contributed by atoms with Crippen LogP contribution in [0.2, 0.25) is 0 Å². The molecule has 1 aromatic rings. The second-order valence-corrected chi connectivity index (χ2v) is 8.94. The molecule has 0 saturated carbocycles. The maximum absolute atomic E-state index is 12.0. The average Bonchev–Trinajstić information content (AvgIpc) is 3.27. The van der Waals surface area contributed by atoms with E-state index in [-0.39, 0.29) is 17.6 Å². The first-order chi connectivity index (χ1) is 12.9. The van der Waals surface area contributed by atoms with Crippen LogP contribution in [0.4, 0.5) is 0 Å². The van der Waals surface area contributed by atoms with Gasteiger partial charge in [-0.1, -0.05) is 0 Å². The highest BCUT2D eigenvalue weighted by atomic mass is 32.2. The molecule has 2 fully saturated rings. The van der Waals surface area contributed by atoms with Crippen LogP contribution in [0, 0.1) is 0 Å². The Morgan fingerprint density at radius 1 is 1.19 bits per heavy atom. The lowest BCUT2D eigenvalue weighted by molar-refractivity contribution is -0.124. The summed E-state index contributed by atoms with van der Waals surface area (Å²) in [6.45, 7) is 0.788. The molecule has 1 N–H and O–H groups in total. The van der Waals surface area contributed by atoms with E-state index in [4.69, 9.17) is 14.2 Å². The van der Waals surface area contributed by atoms with Crippen LogP contribution in [-0.4, -0.2) is 63.8 Å². The van der Waals surface area contributed by atoms with Crippen molar-refractivity contribution in [2.45, 2.75) is 31.4 Å². The fraction of sp³-hybridized carbons (Fsp3) is 0.556. The third-order valence-corrected chi connectivity index (χ3v) is 6.25. The summed E-state index contributed by atoms with van der Waals surface area (Å²) >= 11 is 0. The molecule has 3 rings (SSSR count). The summed E-state index contributed by atoms with van der Waals surface area (Å²) in [5, 5.41) is 2.57. The molecule has 2 atom stereocenters. The van der Waals surface area contributed by atoms with Gasteiger partial charge in [-0.3, -0.25) is 4.79 Å². The van der Waals surface area contributed by atoms with Crippen molar-refractivity contribution in [3.8, 4) is 5.75 Å². The molecule has 2 heterocycles. The van der Waals surface area contributed by atoms with Gasteiger partial charge in [0.2, 0.25) is 0 Å². The Morgan fingerprint density at radius 3 is 2.59 bits per heavy atom. The predicted molar refractivity (Wildman–Crippen MR) is 96.4 cm³/mol.